The van der Waals surface area contributed by atoms with Crippen LogP contribution in [0.25, 0.3) is 0 Å². The predicted octanol–water partition coefficient (Wildman–Crippen LogP) is 2.31. The molecule has 3 heterocycles. The lowest BCUT2D eigenvalue weighted by Gasteiger charge is -2.42. The van der Waals surface area contributed by atoms with Gasteiger partial charge in [0.15, 0.2) is 6.10 Å². The molecular weight excluding hydrogens is 307 g/mol. The highest BCUT2D eigenvalue weighted by Gasteiger charge is 2.44. The molecule has 4 nitrogen and oxygen atoms in total. The summed E-state index contributed by atoms with van der Waals surface area (Å²) in [7, 11) is 0. The molecule has 1 atom stereocenters. The van der Waals surface area contributed by atoms with Crippen LogP contribution >= 0.6 is 0 Å². The van der Waals surface area contributed by atoms with Gasteiger partial charge >= 0.3 is 6.18 Å². The van der Waals surface area contributed by atoms with Crippen LogP contribution in [0.1, 0.15) is 18.4 Å². The molecule has 0 radical (unpaired) electrons. The number of halogens is 3. The van der Waals surface area contributed by atoms with E-state index < -0.39 is 12.3 Å². The van der Waals surface area contributed by atoms with E-state index in [4.69, 9.17) is 4.74 Å². The van der Waals surface area contributed by atoms with Gasteiger partial charge in [0.25, 0.3) is 0 Å². The van der Waals surface area contributed by atoms with Crippen LogP contribution in [0, 0.1) is 0 Å². The molecule has 1 aromatic rings. The van der Waals surface area contributed by atoms with Gasteiger partial charge in [0.2, 0.25) is 0 Å². The van der Waals surface area contributed by atoms with Gasteiger partial charge in [-0.25, -0.2) is 0 Å². The van der Waals surface area contributed by atoms with E-state index in [2.05, 4.69) is 16.0 Å². The van der Waals surface area contributed by atoms with Crippen LogP contribution in [0.2, 0.25) is 0 Å². The normalized spacial score (nSPS) is 25.6. The van der Waals surface area contributed by atoms with Crippen molar-refractivity contribution in [3.8, 4) is 0 Å². The lowest BCUT2D eigenvalue weighted by molar-refractivity contribution is -0.240. The Labute approximate surface area is 134 Å². The summed E-state index contributed by atoms with van der Waals surface area (Å²) in [6.45, 7) is 3.41. The first-order chi connectivity index (χ1) is 11.0. The maximum absolute atomic E-state index is 12.8. The van der Waals surface area contributed by atoms with Gasteiger partial charge in [-0.2, -0.15) is 13.2 Å². The van der Waals surface area contributed by atoms with E-state index in [-0.39, 0.29) is 19.2 Å². The fourth-order valence-electron chi connectivity index (χ4n) is 3.39. The molecule has 0 aromatic carbocycles. The van der Waals surface area contributed by atoms with Crippen LogP contribution in [0.4, 0.5) is 13.2 Å². The second-order valence-electron chi connectivity index (χ2n) is 6.26. The molecule has 0 aliphatic carbocycles. The molecule has 0 unspecified atom stereocenters. The van der Waals surface area contributed by atoms with Gasteiger partial charge < -0.3 is 4.74 Å². The molecule has 2 fully saturated rings. The van der Waals surface area contributed by atoms with Gasteiger partial charge in [-0.1, -0.05) is 6.07 Å². The summed E-state index contributed by atoms with van der Waals surface area (Å²) in [4.78, 5) is 8.42. The number of hydrogen-bond acceptors (Lipinski definition) is 4. The lowest BCUT2D eigenvalue weighted by atomic mass is 10.0. The van der Waals surface area contributed by atoms with Crippen molar-refractivity contribution in [2.24, 2.45) is 0 Å². The van der Waals surface area contributed by atoms with Crippen molar-refractivity contribution in [1.29, 1.82) is 0 Å². The average Bonchev–Trinajstić information content (AvgIpc) is 2.56. The third-order valence-corrected chi connectivity index (χ3v) is 4.67. The van der Waals surface area contributed by atoms with Crippen LogP contribution in [0.5, 0.6) is 0 Å². The standard InChI is InChI=1S/C16H22F3N3O/c17-16(18,19)15-12-22(8-9-23-15)14-3-6-21(7-4-14)11-13-2-1-5-20-10-13/h1-2,5,10,14-15H,3-4,6-9,11-12H2/t15-/m0/s1. The van der Waals surface area contributed by atoms with E-state index in [9.17, 15) is 13.2 Å². The molecule has 2 saturated heterocycles. The molecule has 0 spiro atoms. The first kappa shape index (κ1) is 16.7. The summed E-state index contributed by atoms with van der Waals surface area (Å²) < 4.78 is 43.3. The lowest BCUT2D eigenvalue weighted by Crippen LogP contribution is -2.54. The minimum Gasteiger partial charge on any atom is -0.366 e. The Morgan fingerprint density at radius 2 is 2.00 bits per heavy atom. The number of alkyl halides is 3. The van der Waals surface area contributed by atoms with Crippen molar-refractivity contribution in [2.75, 3.05) is 32.8 Å². The van der Waals surface area contributed by atoms with E-state index in [1.54, 1.807) is 6.20 Å². The molecule has 23 heavy (non-hydrogen) atoms. The monoisotopic (exact) mass is 329 g/mol. The highest BCUT2D eigenvalue weighted by molar-refractivity contribution is 5.08. The van der Waals surface area contributed by atoms with Crippen LogP contribution in [-0.4, -0.2) is 65.9 Å². The Morgan fingerprint density at radius 1 is 1.22 bits per heavy atom. The van der Waals surface area contributed by atoms with Crippen LogP contribution in [0.15, 0.2) is 24.5 Å². The molecule has 1 aromatic heterocycles. The predicted molar refractivity (Wildman–Crippen MR) is 79.9 cm³/mol. The zero-order valence-electron chi connectivity index (χ0n) is 13.0. The average molecular weight is 329 g/mol. The number of ether oxygens (including phenoxy) is 1. The molecule has 7 heteroatoms. The molecule has 0 N–H and O–H groups in total. The van der Waals surface area contributed by atoms with Crippen LogP contribution in [0.3, 0.4) is 0 Å². The number of nitrogens with zero attached hydrogens (tertiary/aromatic N) is 3. The minimum absolute atomic E-state index is 0.0310. The Kier molecular flexibility index (Phi) is 5.18. The van der Waals surface area contributed by atoms with Gasteiger partial charge in [0.1, 0.15) is 0 Å². The first-order valence-corrected chi connectivity index (χ1v) is 8.06. The van der Waals surface area contributed by atoms with E-state index in [1.165, 1.54) is 5.56 Å². The van der Waals surface area contributed by atoms with Crippen molar-refractivity contribution < 1.29 is 17.9 Å². The number of pyridine rings is 1. The fraction of sp³-hybridized carbons (Fsp3) is 0.688. The first-order valence-electron chi connectivity index (χ1n) is 8.06. The van der Waals surface area contributed by atoms with Gasteiger partial charge in [0.05, 0.1) is 6.61 Å². The number of hydrogen-bond donors (Lipinski definition) is 0. The highest BCUT2D eigenvalue weighted by Crippen LogP contribution is 2.28. The molecule has 0 saturated carbocycles. The summed E-state index contributed by atoms with van der Waals surface area (Å²) in [5, 5.41) is 0. The summed E-state index contributed by atoms with van der Waals surface area (Å²) in [5.74, 6) is 0. The van der Waals surface area contributed by atoms with Gasteiger partial charge in [-0.3, -0.25) is 14.8 Å². The maximum atomic E-state index is 12.8. The van der Waals surface area contributed by atoms with Crippen molar-refractivity contribution in [3.63, 3.8) is 0 Å². The summed E-state index contributed by atoms with van der Waals surface area (Å²) in [5.41, 5.74) is 1.18. The Hall–Kier alpha value is -1.18. The summed E-state index contributed by atoms with van der Waals surface area (Å²) >= 11 is 0. The van der Waals surface area contributed by atoms with Gasteiger partial charge in [-0.05, 0) is 37.6 Å². The van der Waals surface area contributed by atoms with Crippen molar-refractivity contribution >= 4 is 0 Å². The number of piperidine rings is 1. The Morgan fingerprint density at radius 3 is 2.65 bits per heavy atom. The molecule has 2 aliphatic heterocycles. The van der Waals surface area contributed by atoms with Crippen molar-refractivity contribution in [3.05, 3.63) is 30.1 Å². The molecular formula is C16H22F3N3O. The van der Waals surface area contributed by atoms with Gasteiger partial charge in [-0.15, -0.1) is 0 Å². The second-order valence-corrected chi connectivity index (χ2v) is 6.26. The maximum Gasteiger partial charge on any atom is 0.415 e. The zero-order valence-corrected chi connectivity index (χ0v) is 13.0. The fourth-order valence-corrected chi connectivity index (χ4v) is 3.39. The van der Waals surface area contributed by atoms with E-state index in [0.717, 1.165) is 32.5 Å². The third-order valence-electron chi connectivity index (χ3n) is 4.67. The minimum atomic E-state index is -4.26. The number of aromatic nitrogens is 1. The van der Waals surface area contributed by atoms with Crippen LogP contribution < -0.4 is 0 Å². The quantitative estimate of drug-likeness (QED) is 0.851. The number of likely N-dealkylation sites (tertiary alicyclic amines) is 1. The molecule has 0 bridgehead atoms. The van der Waals surface area contributed by atoms with Gasteiger partial charge in [0, 0.05) is 38.1 Å². The number of rotatable bonds is 3. The molecule has 3 rings (SSSR count). The van der Waals surface area contributed by atoms with E-state index >= 15 is 0 Å². The molecule has 2 aliphatic rings. The molecule has 0 amide bonds. The SMILES string of the molecule is FC(F)(F)[C@@H]1CN(C2CCN(Cc3cccnc3)CC2)CCO1. The Bertz CT molecular complexity index is 489. The van der Waals surface area contributed by atoms with Crippen molar-refractivity contribution in [2.45, 2.75) is 37.7 Å². The van der Waals surface area contributed by atoms with Crippen molar-refractivity contribution in [1.82, 2.24) is 14.8 Å². The topological polar surface area (TPSA) is 28.6 Å². The second kappa shape index (κ2) is 7.15. The summed E-state index contributed by atoms with van der Waals surface area (Å²) in [6.07, 6.45) is -0.465. The third kappa shape index (κ3) is 4.43. The largest absolute Gasteiger partial charge is 0.415 e. The summed E-state index contributed by atoms with van der Waals surface area (Å²) in [6, 6.07) is 4.20. The van der Waals surface area contributed by atoms with Crippen LogP contribution in [-0.2, 0) is 11.3 Å². The zero-order chi connectivity index (χ0) is 16.3. The van der Waals surface area contributed by atoms with E-state index in [0.29, 0.717) is 6.54 Å². The molecule has 128 valence electrons. The smallest absolute Gasteiger partial charge is 0.366 e. The number of morpholine rings is 1. The van der Waals surface area contributed by atoms with E-state index in [1.807, 2.05) is 17.2 Å². The highest BCUT2D eigenvalue weighted by atomic mass is 19.4. The Balaban J connectivity index is 1.49.